The Morgan fingerprint density at radius 3 is 2.71 bits per heavy atom. The van der Waals surface area contributed by atoms with Crippen molar-refractivity contribution in [3.05, 3.63) is 65.0 Å². The van der Waals surface area contributed by atoms with Crippen LogP contribution in [0.1, 0.15) is 38.5 Å². The van der Waals surface area contributed by atoms with E-state index in [0.29, 0.717) is 22.2 Å². The van der Waals surface area contributed by atoms with Crippen molar-refractivity contribution in [1.29, 1.82) is 0 Å². The number of carbonyl (C=O) groups is 1. The normalized spacial score (nSPS) is 25.8. The second kappa shape index (κ2) is 11.3. The van der Waals surface area contributed by atoms with Crippen molar-refractivity contribution in [2.75, 3.05) is 11.9 Å². The minimum absolute atomic E-state index is 0.116. The number of likely N-dealkylation sites (tertiary alicyclic amines) is 1. The maximum Gasteiger partial charge on any atom is 0.242 e. The van der Waals surface area contributed by atoms with Crippen LogP contribution in [-0.4, -0.2) is 40.6 Å². The summed E-state index contributed by atoms with van der Waals surface area (Å²) in [6.45, 7) is 3.44. The van der Waals surface area contributed by atoms with Crippen LogP contribution in [0.2, 0.25) is 5.02 Å². The van der Waals surface area contributed by atoms with Gasteiger partial charge in [-0.3, -0.25) is 9.69 Å². The Labute approximate surface area is 193 Å². The lowest BCUT2D eigenvalue weighted by Crippen LogP contribution is -2.52. The topological polar surface area (TPSA) is 52.6 Å². The number of nitrogens with zero attached hydrogens (tertiary/aromatic N) is 1. The van der Waals surface area contributed by atoms with E-state index >= 15 is 4.39 Å². The monoisotopic (exact) mass is 466 g/mol. The van der Waals surface area contributed by atoms with E-state index in [1.807, 2.05) is 0 Å². The molecule has 0 bridgehead atoms. The third-order valence-corrected chi connectivity index (χ3v) is 6.47. The molecule has 1 aromatic rings. The van der Waals surface area contributed by atoms with Gasteiger partial charge >= 0.3 is 0 Å². The van der Waals surface area contributed by atoms with Crippen molar-refractivity contribution in [3.8, 4) is 0 Å². The summed E-state index contributed by atoms with van der Waals surface area (Å²) < 4.78 is 15.2. The number of hydrogen-bond acceptors (Lipinski definition) is 3. The Morgan fingerprint density at radius 2 is 2.06 bits per heavy atom. The van der Waals surface area contributed by atoms with E-state index in [0.717, 1.165) is 32.1 Å². The maximum absolute atomic E-state index is 15.2. The predicted molar refractivity (Wildman–Crippen MR) is 125 cm³/mol. The van der Waals surface area contributed by atoms with Crippen LogP contribution in [0.3, 0.4) is 0 Å². The first-order valence-electron chi connectivity index (χ1n) is 10.7. The lowest BCUT2D eigenvalue weighted by molar-refractivity contribution is -0.123. The van der Waals surface area contributed by atoms with Gasteiger partial charge in [0.2, 0.25) is 5.91 Å². The molecular weight excluding hydrogens is 438 g/mol. The first-order chi connectivity index (χ1) is 14.9. The van der Waals surface area contributed by atoms with Gasteiger partial charge in [0.1, 0.15) is 5.83 Å². The molecule has 3 rings (SSSR count). The molecule has 1 saturated carbocycles. The molecule has 1 aliphatic carbocycles. The van der Waals surface area contributed by atoms with Crippen molar-refractivity contribution in [2.45, 2.75) is 56.7 Å². The molecule has 0 radical (unpaired) electrons. The SMILES string of the molecule is C=C(Cl)/C=C\C=C(/F)C1C[C@H](CO)N(C2CCCCC2)C1C(=O)Nc1cccc(Cl)c1. The Kier molecular flexibility index (Phi) is 8.73. The summed E-state index contributed by atoms with van der Waals surface area (Å²) in [7, 11) is 0. The second-order valence-electron chi connectivity index (χ2n) is 8.22. The van der Waals surface area contributed by atoms with Crippen LogP contribution in [-0.2, 0) is 4.79 Å². The van der Waals surface area contributed by atoms with Crippen LogP contribution in [0.15, 0.2) is 59.9 Å². The summed E-state index contributed by atoms with van der Waals surface area (Å²) in [6.07, 6.45) is 9.90. The summed E-state index contributed by atoms with van der Waals surface area (Å²) in [5.74, 6) is -1.35. The highest BCUT2D eigenvalue weighted by Crippen LogP contribution is 2.40. The molecule has 2 fully saturated rings. The number of amides is 1. The highest BCUT2D eigenvalue weighted by atomic mass is 35.5. The molecule has 2 unspecified atom stereocenters. The van der Waals surface area contributed by atoms with Crippen LogP contribution in [0.5, 0.6) is 0 Å². The molecule has 168 valence electrons. The van der Waals surface area contributed by atoms with E-state index < -0.39 is 17.8 Å². The van der Waals surface area contributed by atoms with Gasteiger partial charge in [-0.05, 0) is 49.6 Å². The number of hydrogen-bond donors (Lipinski definition) is 2. The van der Waals surface area contributed by atoms with Crippen molar-refractivity contribution >= 4 is 34.8 Å². The number of allylic oxidation sites excluding steroid dienone is 4. The van der Waals surface area contributed by atoms with Gasteiger partial charge in [-0.1, -0.05) is 61.2 Å². The van der Waals surface area contributed by atoms with Gasteiger partial charge in [-0.15, -0.1) is 0 Å². The van der Waals surface area contributed by atoms with Crippen LogP contribution in [0, 0.1) is 5.92 Å². The predicted octanol–water partition coefficient (Wildman–Crippen LogP) is 5.82. The van der Waals surface area contributed by atoms with E-state index in [9.17, 15) is 9.90 Å². The summed E-state index contributed by atoms with van der Waals surface area (Å²) >= 11 is 11.8. The van der Waals surface area contributed by atoms with E-state index in [1.165, 1.54) is 18.2 Å². The number of nitrogens with one attached hydrogen (secondary N) is 1. The van der Waals surface area contributed by atoms with Gasteiger partial charge in [-0.25, -0.2) is 4.39 Å². The molecule has 0 aromatic heterocycles. The number of benzene rings is 1. The lowest BCUT2D eigenvalue weighted by Gasteiger charge is -2.39. The van der Waals surface area contributed by atoms with Crippen molar-refractivity contribution < 1.29 is 14.3 Å². The highest BCUT2D eigenvalue weighted by Gasteiger charge is 2.49. The van der Waals surface area contributed by atoms with E-state index in [2.05, 4.69) is 16.8 Å². The Bertz CT molecular complexity index is 852. The van der Waals surface area contributed by atoms with Crippen molar-refractivity contribution in [2.24, 2.45) is 5.92 Å². The number of halogens is 3. The minimum atomic E-state index is -0.719. The van der Waals surface area contributed by atoms with Crippen LogP contribution in [0.25, 0.3) is 0 Å². The quantitative estimate of drug-likeness (QED) is 0.497. The van der Waals surface area contributed by atoms with Crippen molar-refractivity contribution in [3.63, 3.8) is 0 Å². The third kappa shape index (κ3) is 6.19. The fraction of sp³-hybridized carbons (Fsp3) is 0.458. The zero-order valence-electron chi connectivity index (χ0n) is 17.4. The van der Waals surface area contributed by atoms with Gasteiger partial charge in [0.05, 0.1) is 12.6 Å². The fourth-order valence-corrected chi connectivity index (χ4v) is 5.05. The first-order valence-corrected chi connectivity index (χ1v) is 11.5. The molecule has 1 aromatic carbocycles. The van der Waals surface area contributed by atoms with E-state index in [4.69, 9.17) is 23.2 Å². The molecule has 3 atom stereocenters. The number of anilines is 1. The zero-order chi connectivity index (χ0) is 22.4. The number of aliphatic hydroxyl groups excluding tert-OH is 1. The number of rotatable bonds is 7. The standard InChI is InChI=1S/C24H29Cl2FN2O2/c1-16(25)7-5-12-22(27)21-14-20(15-30)29(19-10-3-2-4-11-19)23(21)24(31)28-18-9-6-8-17(26)13-18/h5-9,12-13,19-21,23,30H,1-4,10-11,14-15H2,(H,28,31)/b7-5-,22-12-/t20-,21?,23?/m1/s1. The smallest absolute Gasteiger partial charge is 0.242 e. The van der Waals surface area contributed by atoms with E-state index in [-0.39, 0.29) is 24.6 Å². The van der Waals surface area contributed by atoms with Crippen LogP contribution in [0.4, 0.5) is 10.1 Å². The van der Waals surface area contributed by atoms with Gasteiger partial charge < -0.3 is 10.4 Å². The molecule has 2 aliphatic rings. The largest absolute Gasteiger partial charge is 0.395 e. The zero-order valence-corrected chi connectivity index (χ0v) is 19.0. The molecule has 0 spiro atoms. The maximum atomic E-state index is 15.2. The first kappa shape index (κ1) is 24.0. The summed E-state index contributed by atoms with van der Waals surface area (Å²) in [5.41, 5.74) is 0.565. The molecule has 1 amide bonds. The average molecular weight is 467 g/mol. The fourth-order valence-electron chi connectivity index (χ4n) is 4.78. The molecule has 1 heterocycles. The molecule has 31 heavy (non-hydrogen) atoms. The number of aliphatic hydroxyl groups is 1. The van der Waals surface area contributed by atoms with Gasteiger partial charge in [0.25, 0.3) is 0 Å². The minimum Gasteiger partial charge on any atom is -0.395 e. The Hall–Kier alpha value is -1.66. The molecule has 1 aliphatic heterocycles. The third-order valence-electron chi connectivity index (χ3n) is 6.10. The summed E-state index contributed by atoms with van der Waals surface area (Å²) in [5, 5.41) is 13.8. The van der Waals surface area contributed by atoms with E-state index in [1.54, 1.807) is 24.3 Å². The molecule has 2 N–H and O–H groups in total. The Balaban J connectivity index is 1.92. The van der Waals surface area contributed by atoms with Gasteiger partial charge in [-0.2, -0.15) is 0 Å². The Morgan fingerprint density at radius 1 is 1.32 bits per heavy atom. The van der Waals surface area contributed by atoms with Crippen molar-refractivity contribution in [1.82, 2.24) is 4.90 Å². The molecule has 4 nitrogen and oxygen atoms in total. The van der Waals surface area contributed by atoms with Crippen LogP contribution < -0.4 is 5.32 Å². The highest BCUT2D eigenvalue weighted by molar-refractivity contribution is 6.31. The molecular formula is C24H29Cl2FN2O2. The lowest BCUT2D eigenvalue weighted by atomic mass is 9.92. The van der Waals surface area contributed by atoms with Gasteiger partial charge in [0.15, 0.2) is 0 Å². The molecule has 7 heteroatoms. The second-order valence-corrected chi connectivity index (χ2v) is 9.14. The number of carbonyl (C=O) groups excluding carboxylic acids is 1. The van der Waals surface area contributed by atoms with Crippen LogP contribution >= 0.6 is 23.2 Å². The molecule has 1 saturated heterocycles. The average Bonchev–Trinajstić information content (AvgIpc) is 3.14. The summed E-state index contributed by atoms with van der Waals surface area (Å²) in [6, 6.07) is 6.06. The summed E-state index contributed by atoms with van der Waals surface area (Å²) in [4.78, 5) is 15.5. The van der Waals surface area contributed by atoms with Gasteiger partial charge in [0, 0.05) is 33.7 Å².